The van der Waals surface area contributed by atoms with Crippen molar-refractivity contribution in [1.29, 1.82) is 0 Å². The van der Waals surface area contributed by atoms with Gasteiger partial charge in [-0.1, -0.05) is 12.2 Å². The second kappa shape index (κ2) is 6.27. The lowest BCUT2D eigenvalue weighted by Crippen LogP contribution is -2.30. The van der Waals surface area contributed by atoms with E-state index in [0.717, 1.165) is 37.5 Å². The van der Waals surface area contributed by atoms with Crippen LogP contribution in [0, 0.1) is 21.8 Å². The van der Waals surface area contributed by atoms with Crippen molar-refractivity contribution in [2.24, 2.45) is 5.92 Å². The maximum absolute atomic E-state index is 13.0. The van der Waals surface area contributed by atoms with Crippen LogP contribution in [0.2, 0.25) is 0 Å². The molecule has 1 aliphatic rings. The quantitative estimate of drug-likeness (QED) is 0.523. The molecular formula is C14H15FN2O3. The first kappa shape index (κ1) is 14.2. The lowest BCUT2D eigenvalue weighted by atomic mass is 9.94. The summed E-state index contributed by atoms with van der Waals surface area (Å²) in [6, 6.07) is 2.95. The number of nitrogens with one attached hydrogen (secondary N) is 1. The second-order valence-electron chi connectivity index (χ2n) is 4.78. The number of nitro benzene ring substituents is 1. The molecule has 1 atom stereocenters. The molecule has 2 rings (SSSR count). The molecular weight excluding hydrogens is 263 g/mol. The summed E-state index contributed by atoms with van der Waals surface area (Å²) in [6.45, 7) is 0.470. The Kier molecular flexibility index (Phi) is 4.45. The van der Waals surface area contributed by atoms with E-state index in [-0.39, 0.29) is 5.56 Å². The number of hydrogen-bond donors (Lipinski definition) is 1. The van der Waals surface area contributed by atoms with Gasteiger partial charge in [0.25, 0.3) is 11.6 Å². The molecule has 0 saturated carbocycles. The van der Waals surface area contributed by atoms with Crippen LogP contribution in [-0.4, -0.2) is 17.4 Å². The van der Waals surface area contributed by atoms with Crippen molar-refractivity contribution in [3.63, 3.8) is 0 Å². The Labute approximate surface area is 115 Å². The number of rotatable bonds is 4. The van der Waals surface area contributed by atoms with Gasteiger partial charge in [0.15, 0.2) is 0 Å². The molecule has 106 valence electrons. The molecule has 0 aromatic heterocycles. The number of carbonyl (C=O) groups is 1. The van der Waals surface area contributed by atoms with Crippen molar-refractivity contribution in [2.45, 2.75) is 19.3 Å². The van der Waals surface area contributed by atoms with Gasteiger partial charge in [0, 0.05) is 6.54 Å². The van der Waals surface area contributed by atoms with Gasteiger partial charge in [-0.3, -0.25) is 14.9 Å². The highest BCUT2D eigenvalue weighted by atomic mass is 19.1. The zero-order valence-corrected chi connectivity index (χ0v) is 10.8. The topological polar surface area (TPSA) is 72.2 Å². The molecule has 0 radical (unpaired) electrons. The van der Waals surface area contributed by atoms with Gasteiger partial charge in [-0.15, -0.1) is 0 Å². The molecule has 0 bridgehead atoms. The number of carbonyl (C=O) groups excluding carboxylic acids is 1. The summed E-state index contributed by atoms with van der Waals surface area (Å²) in [5.74, 6) is -0.916. The van der Waals surface area contributed by atoms with Gasteiger partial charge in [0.05, 0.1) is 11.0 Å². The van der Waals surface area contributed by atoms with Gasteiger partial charge in [-0.05, 0) is 37.3 Å². The van der Waals surface area contributed by atoms with Gasteiger partial charge in [0.1, 0.15) is 11.4 Å². The van der Waals surface area contributed by atoms with E-state index in [1.165, 1.54) is 0 Å². The largest absolute Gasteiger partial charge is 0.352 e. The minimum absolute atomic E-state index is 0.109. The predicted molar refractivity (Wildman–Crippen MR) is 71.9 cm³/mol. The molecule has 1 aliphatic carbocycles. The monoisotopic (exact) mass is 278 g/mol. The molecule has 1 N–H and O–H groups in total. The van der Waals surface area contributed by atoms with Crippen LogP contribution in [0.1, 0.15) is 29.6 Å². The number of allylic oxidation sites excluding steroid dienone is 2. The zero-order valence-electron chi connectivity index (χ0n) is 10.8. The molecule has 0 aliphatic heterocycles. The van der Waals surface area contributed by atoms with Crippen molar-refractivity contribution in [3.8, 4) is 0 Å². The maximum atomic E-state index is 13.0. The molecule has 0 heterocycles. The average molecular weight is 278 g/mol. The van der Waals surface area contributed by atoms with Crippen LogP contribution >= 0.6 is 0 Å². The van der Waals surface area contributed by atoms with Gasteiger partial charge < -0.3 is 5.32 Å². The van der Waals surface area contributed by atoms with E-state index in [1.807, 2.05) is 0 Å². The van der Waals surface area contributed by atoms with E-state index >= 15 is 0 Å². The number of halogens is 1. The summed E-state index contributed by atoms with van der Waals surface area (Å²) in [5, 5.41) is 13.5. The van der Waals surface area contributed by atoms with Crippen LogP contribution in [0.4, 0.5) is 10.1 Å². The summed E-state index contributed by atoms with van der Waals surface area (Å²) in [5.41, 5.74) is -0.617. The molecule has 0 unspecified atom stereocenters. The molecule has 1 aromatic carbocycles. The van der Waals surface area contributed by atoms with Crippen LogP contribution in [0.5, 0.6) is 0 Å². The lowest BCUT2D eigenvalue weighted by Gasteiger charge is -2.18. The molecule has 1 aromatic rings. The Hall–Kier alpha value is -2.24. The standard InChI is InChI=1S/C14H15FN2O3/c15-11-6-7-12(13(8-11)17(19)20)14(18)16-9-10-4-2-1-3-5-10/h1-2,6-8,10H,3-5,9H2,(H,16,18)/t10-/m1/s1. The fourth-order valence-electron chi connectivity index (χ4n) is 2.22. The van der Waals surface area contributed by atoms with Crippen LogP contribution in [0.25, 0.3) is 0 Å². The molecule has 0 spiro atoms. The van der Waals surface area contributed by atoms with Gasteiger partial charge in [-0.2, -0.15) is 0 Å². The molecule has 1 amide bonds. The average Bonchev–Trinajstić information content (AvgIpc) is 2.45. The Morgan fingerprint density at radius 2 is 2.25 bits per heavy atom. The molecule has 0 saturated heterocycles. The highest BCUT2D eigenvalue weighted by molar-refractivity contribution is 5.98. The maximum Gasteiger partial charge on any atom is 0.285 e. The third-order valence-electron chi connectivity index (χ3n) is 3.33. The first-order valence-corrected chi connectivity index (χ1v) is 6.45. The highest BCUT2D eigenvalue weighted by Gasteiger charge is 2.21. The Balaban J connectivity index is 2.05. The van der Waals surface area contributed by atoms with Crippen LogP contribution in [-0.2, 0) is 0 Å². The number of amides is 1. The summed E-state index contributed by atoms with van der Waals surface area (Å²) in [6.07, 6.45) is 7.04. The fourth-order valence-corrected chi connectivity index (χ4v) is 2.22. The minimum atomic E-state index is -0.749. The van der Waals surface area contributed by atoms with Crippen molar-refractivity contribution in [2.75, 3.05) is 6.54 Å². The minimum Gasteiger partial charge on any atom is -0.352 e. The molecule has 5 nitrogen and oxygen atoms in total. The number of hydrogen-bond acceptors (Lipinski definition) is 3. The molecule has 0 fully saturated rings. The van der Waals surface area contributed by atoms with E-state index in [0.29, 0.717) is 12.5 Å². The molecule has 20 heavy (non-hydrogen) atoms. The van der Waals surface area contributed by atoms with Crippen LogP contribution < -0.4 is 5.32 Å². The second-order valence-corrected chi connectivity index (χ2v) is 4.78. The summed E-state index contributed by atoms with van der Waals surface area (Å²) in [4.78, 5) is 22.1. The van der Waals surface area contributed by atoms with E-state index in [2.05, 4.69) is 17.5 Å². The first-order valence-electron chi connectivity index (χ1n) is 6.45. The predicted octanol–water partition coefficient (Wildman–Crippen LogP) is 2.82. The van der Waals surface area contributed by atoms with Crippen LogP contribution in [0.3, 0.4) is 0 Å². The Morgan fingerprint density at radius 1 is 1.45 bits per heavy atom. The van der Waals surface area contributed by atoms with Gasteiger partial charge >= 0.3 is 0 Å². The normalized spacial score (nSPS) is 17.8. The van der Waals surface area contributed by atoms with Gasteiger partial charge in [-0.25, -0.2) is 4.39 Å². The van der Waals surface area contributed by atoms with E-state index < -0.39 is 22.3 Å². The Bertz CT molecular complexity index is 557. The highest BCUT2D eigenvalue weighted by Crippen LogP contribution is 2.21. The first-order chi connectivity index (χ1) is 9.58. The number of benzene rings is 1. The zero-order chi connectivity index (χ0) is 14.5. The smallest absolute Gasteiger partial charge is 0.285 e. The van der Waals surface area contributed by atoms with Gasteiger partial charge in [0.2, 0.25) is 0 Å². The summed E-state index contributed by atoms with van der Waals surface area (Å²) >= 11 is 0. The van der Waals surface area contributed by atoms with Crippen molar-refractivity contribution in [3.05, 3.63) is 51.8 Å². The van der Waals surface area contributed by atoms with E-state index in [4.69, 9.17) is 0 Å². The van der Waals surface area contributed by atoms with Crippen molar-refractivity contribution in [1.82, 2.24) is 5.32 Å². The lowest BCUT2D eigenvalue weighted by molar-refractivity contribution is -0.385. The third-order valence-corrected chi connectivity index (χ3v) is 3.33. The van der Waals surface area contributed by atoms with E-state index in [9.17, 15) is 19.3 Å². The molecule has 6 heteroatoms. The fraction of sp³-hybridized carbons (Fsp3) is 0.357. The van der Waals surface area contributed by atoms with Crippen molar-refractivity contribution < 1.29 is 14.1 Å². The SMILES string of the molecule is O=C(NC[C@@H]1CC=CCC1)c1ccc(F)cc1[N+](=O)[O-]. The van der Waals surface area contributed by atoms with Crippen molar-refractivity contribution >= 4 is 11.6 Å². The van der Waals surface area contributed by atoms with E-state index in [1.54, 1.807) is 0 Å². The summed E-state index contributed by atoms with van der Waals surface area (Å²) in [7, 11) is 0. The third kappa shape index (κ3) is 3.40. The van der Waals surface area contributed by atoms with Crippen LogP contribution in [0.15, 0.2) is 30.4 Å². The summed E-state index contributed by atoms with van der Waals surface area (Å²) < 4.78 is 13.0. The number of nitrogens with zero attached hydrogens (tertiary/aromatic N) is 1. The Morgan fingerprint density at radius 3 is 2.90 bits per heavy atom. The number of nitro groups is 1.